The quantitative estimate of drug-likeness (QED) is 0.707. The predicted molar refractivity (Wildman–Crippen MR) is 77.1 cm³/mol. The fourth-order valence-electron chi connectivity index (χ4n) is 3.20. The highest BCUT2D eigenvalue weighted by molar-refractivity contribution is 6.74. The van der Waals surface area contributed by atoms with Crippen molar-refractivity contribution in [3.8, 4) is 0 Å². The van der Waals surface area contributed by atoms with Gasteiger partial charge < -0.3 is 4.43 Å². The molecule has 3 aliphatic rings. The minimum atomic E-state index is -1.75. The number of fused-ring (bicyclic) bond motifs is 3. The average molecular weight is 268 g/mol. The van der Waals surface area contributed by atoms with Crippen molar-refractivity contribution in [1.82, 2.24) is 0 Å². The van der Waals surface area contributed by atoms with Crippen molar-refractivity contribution in [2.24, 2.45) is 17.8 Å². The third-order valence-electron chi connectivity index (χ3n) is 5.62. The molecular formula is C15H28O2Si. The molecule has 3 rings (SSSR count). The largest absolute Gasteiger partial charge is 0.413 e. The van der Waals surface area contributed by atoms with Gasteiger partial charge in [0.1, 0.15) is 5.78 Å². The molecule has 18 heavy (non-hydrogen) atoms. The monoisotopic (exact) mass is 268 g/mol. The second kappa shape index (κ2) is 4.45. The van der Waals surface area contributed by atoms with E-state index in [0.717, 1.165) is 12.8 Å². The summed E-state index contributed by atoms with van der Waals surface area (Å²) >= 11 is 0. The lowest BCUT2D eigenvalue weighted by atomic mass is 9.63. The molecule has 2 bridgehead atoms. The number of ketones is 1. The fraction of sp³-hybridized carbons (Fsp3) is 0.933. The van der Waals surface area contributed by atoms with E-state index in [2.05, 4.69) is 40.8 Å². The van der Waals surface area contributed by atoms with Crippen LogP contribution in [0.4, 0.5) is 0 Å². The summed E-state index contributed by atoms with van der Waals surface area (Å²) in [5.41, 5.74) is 0. The molecule has 0 amide bonds. The first-order chi connectivity index (χ1) is 8.13. The standard InChI is InChI=1S/C15H28O2Si/c1-10-11-7-8-12(13(16)9-11)14(10)17-18(5,6)15(2,3)4/h10-12,14H,7-9H2,1-6H3/t10-,11-,12+,14+/m1/s1. The lowest BCUT2D eigenvalue weighted by Gasteiger charge is -2.50. The minimum absolute atomic E-state index is 0.194. The molecule has 0 radical (unpaired) electrons. The molecule has 2 nitrogen and oxygen atoms in total. The molecule has 0 N–H and O–H groups in total. The van der Waals surface area contributed by atoms with Gasteiger partial charge in [0, 0.05) is 12.3 Å². The molecule has 0 aromatic carbocycles. The molecule has 3 saturated carbocycles. The van der Waals surface area contributed by atoms with Crippen LogP contribution in [0.25, 0.3) is 0 Å². The van der Waals surface area contributed by atoms with Gasteiger partial charge >= 0.3 is 0 Å². The van der Waals surface area contributed by atoms with Gasteiger partial charge in [-0.25, -0.2) is 0 Å². The van der Waals surface area contributed by atoms with Crippen molar-refractivity contribution in [3.05, 3.63) is 0 Å². The van der Waals surface area contributed by atoms with Gasteiger partial charge in [0.25, 0.3) is 0 Å². The third-order valence-corrected chi connectivity index (χ3v) is 10.1. The number of carbonyl (C=O) groups is 1. The summed E-state index contributed by atoms with van der Waals surface area (Å²) in [6.45, 7) is 13.7. The van der Waals surface area contributed by atoms with Crippen molar-refractivity contribution in [2.75, 3.05) is 0 Å². The lowest BCUT2D eigenvalue weighted by molar-refractivity contribution is -0.140. The van der Waals surface area contributed by atoms with Gasteiger partial charge in [0.05, 0.1) is 6.10 Å². The van der Waals surface area contributed by atoms with E-state index in [-0.39, 0.29) is 17.1 Å². The second-order valence-corrected chi connectivity index (χ2v) is 12.6. The smallest absolute Gasteiger partial charge is 0.192 e. The van der Waals surface area contributed by atoms with E-state index < -0.39 is 8.32 Å². The number of hydrogen-bond acceptors (Lipinski definition) is 2. The summed E-state index contributed by atoms with van der Waals surface area (Å²) < 4.78 is 6.58. The van der Waals surface area contributed by atoms with Gasteiger partial charge in [-0.2, -0.15) is 0 Å². The molecule has 4 atom stereocenters. The molecule has 104 valence electrons. The molecule has 0 spiro atoms. The topological polar surface area (TPSA) is 26.3 Å². The van der Waals surface area contributed by atoms with E-state index in [4.69, 9.17) is 4.43 Å². The van der Waals surface area contributed by atoms with Gasteiger partial charge in [-0.1, -0.05) is 27.7 Å². The minimum Gasteiger partial charge on any atom is -0.413 e. The third kappa shape index (κ3) is 2.31. The maximum atomic E-state index is 12.1. The zero-order chi connectivity index (χ0) is 13.7. The summed E-state index contributed by atoms with van der Waals surface area (Å²) in [6, 6.07) is 0. The number of rotatable bonds is 2. The summed E-state index contributed by atoms with van der Waals surface area (Å²) in [7, 11) is -1.75. The van der Waals surface area contributed by atoms with Crippen LogP contribution in [-0.4, -0.2) is 20.2 Å². The van der Waals surface area contributed by atoms with E-state index in [1.807, 2.05) is 0 Å². The molecule has 3 fully saturated rings. The SMILES string of the molecule is C[C@@H]1[C@@H]2CC[C@@H](C(=O)C2)[C@H]1O[Si](C)(C)C(C)(C)C. The van der Waals surface area contributed by atoms with Crippen LogP contribution in [0, 0.1) is 17.8 Å². The second-order valence-electron chi connectivity index (χ2n) is 7.82. The highest BCUT2D eigenvalue weighted by Crippen LogP contribution is 2.47. The molecule has 0 aromatic rings. The molecule has 0 aliphatic heterocycles. The van der Waals surface area contributed by atoms with Crippen LogP contribution in [0.1, 0.15) is 47.0 Å². The van der Waals surface area contributed by atoms with Crippen LogP contribution in [-0.2, 0) is 9.22 Å². The van der Waals surface area contributed by atoms with Crippen LogP contribution in [0.3, 0.4) is 0 Å². The zero-order valence-corrected chi connectivity index (χ0v) is 13.7. The highest BCUT2D eigenvalue weighted by Gasteiger charge is 2.50. The fourth-order valence-corrected chi connectivity index (χ4v) is 4.62. The molecular weight excluding hydrogens is 240 g/mol. The molecule has 3 aliphatic carbocycles. The first-order valence-electron chi connectivity index (χ1n) is 7.34. The number of hydrogen-bond donors (Lipinski definition) is 0. The van der Waals surface area contributed by atoms with Crippen molar-refractivity contribution in [3.63, 3.8) is 0 Å². The van der Waals surface area contributed by atoms with Crippen molar-refractivity contribution < 1.29 is 9.22 Å². The Kier molecular flexibility index (Phi) is 3.52. The Morgan fingerprint density at radius 3 is 2.33 bits per heavy atom. The van der Waals surface area contributed by atoms with Gasteiger partial charge in [-0.15, -0.1) is 0 Å². The van der Waals surface area contributed by atoms with Crippen LogP contribution in [0.15, 0.2) is 0 Å². The molecule has 0 unspecified atom stereocenters. The van der Waals surface area contributed by atoms with Crippen molar-refractivity contribution in [1.29, 1.82) is 0 Å². The Morgan fingerprint density at radius 2 is 1.83 bits per heavy atom. The normalized spacial score (nSPS) is 37.1. The molecule has 0 aromatic heterocycles. The molecule has 0 heterocycles. The van der Waals surface area contributed by atoms with Crippen molar-refractivity contribution >= 4 is 14.1 Å². The van der Waals surface area contributed by atoms with E-state index in [1.54, 1.807) is 0 Å². The zero-order valence-electron chi connectivity index (χ0n) is 12.7. The summed E-state index contributed by atoms with van der Waals surface area (Å²) in [6.07, 6.45) is 3.30. The molecule has 0 saturated heterocycles. The van der Waals surface area contributed by atoms with Gasteiger partial charge in [0.15, 0.2) is 8.32 Å². The van der Waals surface area contributed by atoms with E-state index >= 15 is 0 Å². The van der Waals surface area contributed by atoms with Crippen LogP contribution in [0.5, 0.6) is 0 Å². The maximum absolute atomic E-state index is 12.1. The Labute approximate surface area is 113 Å². The summed E-state index contributed by atoms with van der Waals surface area (Å²) in [5.74, 6) is 1.81. The predicted octanol–water partition coefficient (Wildman–Crippen LogP) is 4.01. The highest BCUT2D eigenvalue weighted by atomic mass is 28.4. The van der Waals surface area contributed by atoms with Crippen LogP contribution >= 0.6 is 0 Å². The van der Waals surface area contributed by atoms with E-state index in [9.17, 15) is 4.79 Å². The van der Waals surface area contributed by atoms with E-state index in [1.165, 1.54) is 6.42 Å². The van der Waals surface area contributed by atoms with Crippen LogP contribution < -0.4 is 0 Å². The average Bonchev–Trinajstić information content (AvgIpc) is 2.22. The molecule has 3 heteroatoms. The Morgan fingerprint density at radius 1 is 1.22 bits per heavy atom. The van der Waals surface area contributed by atoms with Gasteiger partial charge in [-0.3, -0.25) is 4.79 Å². The number of Topliss-reactive ketones (excluding diaryl/α,β-unsaturated/α-hetero) is 1. The van der Waals surface area contributed by atoms with Gasteiger partial charge in [-0.05, 0) is 42.8 Å². The Hall–Kier alpha value is -0.153. The Balaban J connectivity index is 2.16. The Bertz CT molecular complexity index is 343. The first-order valence-corrected chi connectivity index (χ1v) is 10.2. The first kappa shape index (κ1) is 14.3. The maximum Gasteiger partial charge on any atom is 0.192 e. The summed E-state index contributed by atoms with van der Waals surface area (Å²) in [4.78, 5) is 12.1. The number of carbonyl (C=O) groups excluding carboxylic acids is 1. The van der Waals surface area contributed by atoms with Crippen LogP contribution in [0.2, 0.25) is 18.1 Å². The van der Waals surface area contributed by atoms with Gasteiger partial charge in [0.2, 0.25) is 0 Å². The summed E-state index contributed by atoms with van der Waals surface area (Å²) in [5, 5.41) is 0.229. The lowest BCUT2D eigenvalue weighted by Crippen LogP contribution is -2.55. The van der Waals surface area contributed by atoms with Crippen molar-refractivity contribution in [2.45, 2.75) is 71.2 Å². The van der Waals surface area contributed by atoms with E-state index in [0.29, 0.717) is 17.6 Å².